The lowest BCUT2D eigenvalue weighted by molar-refractivity contribution is 0.0654. The second kappa shape index (κ2) is 4.65. The zero-order valence-electron chi connectivity index (χ0n) is 10.8. The number of aliphatic hydroxyl groups is 1. The molecule has 0 saturated heterocycles. The van der Waals surface area contributed by atoms with Crippen LogP contribution in [0.2, 0.25) is 0 Å². The van der Waals surface area contributed by atoms with E-state index in [0.717, 1.165) is 27.0 Å². The number of benzene rings is 1. The summed E-state index contributed by atoms with van der Waals surface area (Å²) in [4.78, 5) is 0. The van der Waals surface area contributed by atoms with Gasteiger partial charge >= 0.3 is 0 Å². The van der Waals surface area contributed by atoms with Crippen LogP contribution in [0.25, 0.3) is 0 Å². The Morgan fingerprint density at radius 2 is 2.21 bits per heavy atom. The molecule has 0 fully saturated rings. The van der Waals surface area contributed by atoms with Gasteiger partial charge in [0.15, 0.2) is 0 Å². The Morgan fingerprint density at radius 1 is 1.42 bits per heavy atom. The Hall–Kier alpha value is -1.33. The minimum absolute atomic E-state index is 0.148. The highest BCUT2D eigenvalue weighted by Crippen LogP contribution is 2.42. The maximum absolute atomic E-state index is 10.3. The maximum atomic E-state index is 10.3. The molecule has 2 heterocycles. The highest BCUT2D eigenvalue weighted by atomic mass is 79.9. The molecule has 1 aromatic carbocycles. The van der Waals surface area contributed by atoms with E-state index in [9.17, 15) is 5.11 Å². The number of aliphatic hydroxyl groups excluding tert-OH is 1. The van der Waals surface area contributed by atoms with Crippen LogP contribution in [0, 0.1) is 6.92 Å². The Morgan fingerprint density at radius 3 is 2.89 bits per heavy atom. The number of rotatable bonds is 1. The minimum Gasteiger partial charge on any atom is -0.485 e. The molecule has 0 aliphatic carbocycles. The molecule has 1 aliphatic rings. The monoisotopic (exact) mass is 322 g/mol. The maximum Gasteiger partial charge on any atom is 0.130 e. The molecular formula is C14H15BrN2O2. The van der Waals surface area contributed by atoms with E-state index in [0.29, 0.717) is 6.42 Å². The molecule has 0 amide bonds. The second-order valence-corrected chi connectivity index (χ2v) is 5.80. The van der Waals surface area contributed by atoms with Crippen molar-refractivity contribution in [1.29, 1.82) is 0 Å². The molecule has 1 aliphatic heterocycles. The van der Waals surface area contributed by atoms with Crippen LogP contribution < -0.4 is 4.74 Å². The van der Waals surface area contributed by atoms with Crippen LogP contribution in [-0.2, 0) is 7.05 Å². The summed E-state index contributed by atoms with van der Waals surface area (Å²) in [5, 5.41) is 14.6. The fourth-order valence-corrected chi connectivity index (χ4v) is 2.88. The molecule has 5 heteroatoms. The van der Waals surface area contributed by atoms with Gasteiger partial charge in [-0.05, 0) is 19.1 Å². The van der Waals surface area contributed by atoms with Crippen molar-refractivity contribution < 1.29 is 9.84 Å². The molecule has 0 spiro atoms. The lowest BCUT2D eigenvalue weighted by Crippen LogP contribution is -2.19. The van der Waals surface area contributed by atoms with Crippen LogP contribution in [0.5, 0.6) is 5.75 Å². The zero-order chi connectivity index (χ0) is 13.6. The Kier molecular flexibility index (Phi) is 3.11. The van der Waals surface area contributed by atoms with E-state index in [1.807, 2.05) is 38.4 Å². The molecule has 3 rings (SSSR count). The molecule has 100 valence electrons. The lowest BCUT2D eigenvalue weighted by atomic mass is 9.95. The van der Waals surface area contributed by atoms with Gasteiger partial charge in [-0.25, -0.2) is 0 Å². The second-order valence-electron chi connectivity index (χ2n) is 4.88. The van der Waals surface area contributed by atoms with Crippen LogP contribution >= 0.6 is 15.9 Å². The molecule has 0 saturated carbocycles. The smallest absolute Gasteiger partial charge is 0.130 e. The molecule has 0 bridgehead atoms. The summed E-state index contributed by atoms with van der Waals surface area (Å²) in [6.07, 6.45) is 1.86. The van der Waals surface area contributed by atoms with Gasteiger partial charge in [0.1, 0.15) is 11.9 Å². The highest BCUT2D eigenvalue weighted by molar-refractivity contribution is 9.10. The van der Waals surface area contributed by atoms with Gasteiger partial charge in [-0.1, -0.05) is 22.0 Å². The van der Waals surface area contributed by atoms with E-state index < -0.39 is 6.10 Å². The van der Waals surface area contributed by atoms with Crippen molar-refractivity contribution in [3.63, 3.8) is 0 Å². The average Bonchev–Trinajstić information content (AvgIpc) is 2.67. The molecule has 1 unspecified atom stereocenters. The number of halogens is 1. The van der Waals surface area contributed by atoms with E-state index in [4.69, 9.17) is 4.74 Å². The summed E-state index contributed by atoms with van der Waals surface area (Å²) in [6, 6.07) is 5.72. The van der Waals surface area contributed by atoms with Crippen LogP contribution in [0.3, 0.4) is 0 Å². The minimum atomic E-state index is -0.499. The van der Waals surface area contributed by atoms with Crippen molar-refractivity contribution in [2.24, 2.45) is 7.05 Å². The zero-order valence-corrected chi connectivity index (χ0v) is 12.4. The van der Waals surface area contributed by atoms with Gasteiger partial charge in [0.05, 0.1) is 11.8 Å². The van der Waals surface area contributed by atoms with Gasteiger partial charge in [0.25, 0.3) is 0 Å². The van der Waals surface area contributed by atoms with Gasteiger partial charge in [-0.3, -0.25) is 4.68 Å². The van der Waals surface area contributed by atoms with E-state index >= 15 is 0 Å². The molecule has 19 heavy (non-hydrogen) atoms. The van der Waals surface area contributed by atoms with Crippen molar-refractivity contribution in [2.45, 2.75) is 25.6 Å². The predicted molar refractivity (Wildman–Crippen MR) is 75.0 cm³/mol. The first-order valence-corrected chi connectivity index (χ1v) is 6.98. The first-order valence-electron chi connectivity index (χ1n) is 6.19. The van der Waals surface area contributed by atoms with E-state index in [1.165, 1.54) is 0 Å². The molecular weight excluding hydrogens is 308 g/mol. The number of hydrogen-bond donors (Lipinski definition) is 1. The number of ether oxygens (including phenoxy) is 1. The Labute approximate surface area is 120 Å². The first-order chi connectivity index (χ1) is 9.04. The van der Waals surface area contributed by atoms with Crippen molar-refractivity contribution >= 4 is 15.9 Å². The van der Waals surface area contributed by atoms with Crippen LogP contribution in [0.1, 0.15) is 35.4 Å². The average molecular weight is 323 g/mol. The van der Waals surface area contributed by atoms with Gasteiger partial charge in [0.2, 0.25) is 0 Å². The number of fused-ring (bicyclic) bond motifs is 1. The summed E-state index contributed by atoms with van der Waals surface area (Å²) < 4.78 is 8.74. The molecule has 4 nitrogen and oxygen atoms in total. The fourth-order valence-electron chi connectivity index (χ4n) is 2.54. The van der Waals surface area contributed by atoms with Gasteiger partial charge < -0.3 is 9.84 Å². The standard InChI is InChI=1S/C14H15BrN2O2/c1-8-11(7-17(2)16-8)14-6-12(18)10-4-3-9(15)5-13(10)19-14/h3-5,7,12,14,18H,6H2,1-2H3/t12-,14?/m0/s1. The topological polar surface area (TPSA) is 47.3 Å². The van der Waals surface area contributed by atoms with Crippen LogP contribution in [0.4, 0.5) is 0 Å². The number of aromatic nitrogens is 2. The van der Waals surface area contributed by atoms with Crippen molar-refractivity contribution in [1.82, 2.24) is 9.78 Å². The summed E-state index contributed by atoms with van der Waals surface area (Å²) in [6.45, 7) is 1.96. The normalized spacial score (nSPS) is 21.9. The number of aryl methyl sites for hydroxylation is 2. The third kappa shape index (κ3) is 2.28. The first kappa shape index (κ1) is 12.7. The molecule has 2 aromatic rings. The molecule has 1 N–H and O–H groups in total. The molecule has 0 radical (unpaired) electrons. The Balaban J connectivity index is 1.98. The number of nitrogens with zero attached hydrogens (tertiary/aromatic N) is 2. The van der Waals surface area contributed by atoms with Gasteiger partial charge in [-0.15, -0.1) is 0 Å². The van der Waals surface area contributed by atoms with Crippen molar-refractivity contribution in [3.8, 4) is 5.75 Å². The Bertz CT molecular complexity index is 624. The summed E-state index contributed by atoms with van der Waals surface area (Å²) >= 11 is 3.43. The van der Waals surface area contributed by atoms with Crippen molar-refractivity contribution in [2.75, 3.05) is 0 Å². The largest absolute Gasteiger partial charge is 0.485 e. The third-order valence-corrected chi connectivity index (χ3v) is 3.93. The predicted octanol–water partition coefficient (Wildman–Crippen LogP) is 3.05. The summed E-state index contributed by atoms with van der Waals surface area (Å²) in [7, 11) is 1.89. The van der Waals surface area contributed by atoms with Crippen molar-refractivity contribution in [3.05, 3.63) is 45.7 Å². The SMILES string of the molecule is Cc1nn(C)cc1C1C[C@H](O)c2ccc(Br)cc2O1. The quantitative estimate of drug-likeness (QED) is 0.877. The van der Waals surface area contributed by atoms with E-state index in [1.54, 1.807) is 4.68 Å². The fraction of sp³-hybridized carbons (Fsp3) is 0.357. The number of hydrogen-bond acceptors (Lipinski definition) is 3. The van der Waals surface area contributed by atoms with Crippen LogP contribution in [-0.4, -0.2) is 14.9 Å². The van der Waals surface area contributed by atoms with E-state index in [2.05, 4.69) is 21.0 Å². The lowest BCUT2D eigenvalue weighted by Gasteiger charge is -2.29. The third-order valence-electron chi connectivity index (χ3n) is 3.44. The summed E-state index contributed by atoms with van der Waals surface area (Å²) in [5.41, 5.74) is 2.83. The van der Waals surface area contributed by atoms with Crippen LogP contribution in [0.15, 0.2) is 28.9 Å². The molecule has 1 aromatic heterocycles. The highest BCUT2D eigenvalue weighted by Gasteiger charge is 2.30. The molecule has 2 atom stereocenters. The summed E-state index contributed by atoms with van der Waals surface area (Å²) in [5.74, 6) is 0.737. The van der Waals surface area contributed by atoms with Gasteiger partial charge in [-0.2, -0.15) is 5.10 Å². The van der Waals surface area contributed by atoms with E-state index in [-0.39, 0.29) is 6.10 Å². The van der Waals surface area contributed by atoms with Gasteiger partial charge in [0, 0.05) is 35.3 Å².